The predicted octanol–water partition coefficient (Wildman–Crippen LogP) is 1.02. The van der Waals surface area contributed by atoms with Crippen LogP contribution in [-0.4, -0.2) is 45.8 Å². The minimum absolute atomic E-state index is 0.0990. The fourth-order valence-electron chi connectivity index (χ4n) is 1.58. The molecule has 0 saturated carbocycles. The standard InChI is InChI=1S/C9H17FO3/c1-6-4-13-7(5-11-2)9(12-3)8(6)10/h6-9H,4-5H2,1-3H3. The molecule has 1 heterocycles. The zero-order valence-corrected chi connectivity index (χ0v) is 8.33. The number of alkyl halides is 1. The maximum Gasteiger partial charge on any atom is 0.134 e. The number of methoxy groups -OCH3 is 2. The lowest BCUT2D eigenvalue weighted by Gasteiger charge is -2.36. The third-order valence-corrected chi connectivity index (χ3v) is 2.40. The summed E-state index contributed by atoms with van der Waals surface area (Å²) in [6.45, 7) is 2.64. The van der Waals surface area contributed by atoms with Gasteiger partial charge in [-0.05, 0) is 0 Å². The number of halogens is 1. The molecule has 0 spiro atoms. The minimum atomic E-state index is -0.959. The summed E-state index contributed by atoms with van der Waals surface area (Å²) in [4.78, 5) is 0. The van der Waals surface area contributed by atoms with Crippen LogP contribution in [0.1, 0.15) is 6.92 Å². The van der Waals surface area contributed by atoms with E-state index < -0.39 is 12.3 Å². The molecule has 4 heteroatoms. The van der Waals surface area contributed by atoms with Crippen molar-refractivity contribution >= 4 is 0 Å². The van der Waals surface area contributed by atoms with Crippen molar-refractivity contribution in [2.45, 2.75) is 25.3 Å². The molecule has 0 bridgehead atoms. The zero-order valence-electron chi connectivity index (χ0n) is 8.33. The molecule has 0 aromatic rings. The number of ether oxygens (including phenoxy) is 3. The summed E-state index contributed by atoms with van der Waals surface area (Å²) in [5.74, 6) is -0.0990. The van der Waals surface area contributed by atoms with E-state index in [9.17, 15) is 4.39 Å². The molecule has 0 radical (unpaired) electrons. The lowest BCUT2D eigenvalue weighted by molar-refractivity contribution is -0.164. The zero-order chi connectivity index (χ0) is 9.84. The van der Waals surface area contributed by atoms with Gasteiger partial charge in [0.05, 0.1) is 13.2 Å². The Morgan fingerprint density at radius 1 is 1.46 bits per heavy atom. The summed E-state index contributed by atoms with van der Waals surface area (Å²) >= 11 is 0. The highest BCUT2D eigenvalue weighted by Gasteiger charge is 2.38. The summed E-state index contributed by atoms with van der Waals surface area (Å²) in [5, 5.41) is 0. The molecule has 0 amide bonds. The molecular weight excluding hydrogens is 175 g/mol. The van der Waals surface area contributed by atoms with E-state index >= 15 is 0 Å². The summed E-state index contributed by atoms with van der Waals surface area (Å²) in [5.41, 5.74) is 0. The Kier molecular flexibility index (Phi) is 4.09. The summed E-state index contributed by atoms with van der Waals surface area (Å²) in [6.07, 6.45) is -1.73. The molecule has 13 heavy (non-hydrogen) atoms. The quantitative estimate of drug-likeness (QED) is 0.668. The van der Waals surface area contributed by atoms with Gasteiger partial charge in [-0.15, -0.1) is 0 Å². The van der Waals surface area contributed by atoms with Gasteiger partial charge >= 0.3 is 0 Å². The summed E-state index contributed by atoms with van der Waals surface area (Å²) < 4.78 is 29.0. The Bertz CT molecular complexity index is 154. The van der Waals surface area contributed by atoms with E-state index in [1.165, 1.54) is 7.11 Å². The van der Waals surface area contributed by atoms with Gasteiger partial charge in [0.25, 0.3) is 0 Å². The van der Waals surface area contributed by atoms with Crippen molar-refractivity contribution in [3.8, 4) is 0 Å². The topological polar surface area (TPSA) is 27.7 Å². The van der Waals surface area contributed by atoms with Crippen LogP contribution in [0.15, 0.2) is 0 Å². The van der Waals surface area contributed by atoms with Crippen LogP contribution in [0.3, 0.4) is 0 Å². The predicted molar refractivity (Wildman–Crippen MR) is 46.5 cm³/mol. The fraction of sp³-hybridized carbons (Fsp3) is 1.00. The Morgan fingerprint density at radius 2 is 2.15 bits per heavy atom. The lowest BCUT2D eigenvalue weighted by atomic mass is 9.95. The van der Waals surface area contributed by atoms with Crippen LogP contribution in [0.5, 0.6) is 0 Å². The molecule has 0 N–H and O–H groups in total. The van der Waals surface area contributed by atoms with Crippen LogP contribution >= 0.6 is 0 Å². The van der Waals surface area contributed by atoms with Gasteiger partial charge in [-0.2, -0.15) is 0 Å². The molecule has 1 aliphatic rings. The third kappa shape index (κ3) is 2.39. The van der Waals surface area contributed by atoms with Crippen LogP contribution in [-0.2, 0) is 14.2 Å². The van der Waals surface area contributed by atoms with Crippen molar-refractivity contribution < 1.29 is 18.6 Å². The largest absolute Gasteiger partial charge is 0.382 e. The highest BCUT2D eigenvalue weighted by atomic mass is 19.1. The van der Waals surface area contributed by atoms with Crippen molar-refractivity contribution in [1.82, 2.24) is 0 Å². The fourth-order valence-corrected chi connectivity index (χ4v) is 1.58. The van der Waals surface area contributed by atoms with Crippen molar-refractivity contribution in [3.05, 3.63) is 0 Å². The van der Waals surface area contributed by atoms with E-state index in [1.54, 1.807) is 7.11 Å². The summed E-state index contributed by atoms with van der Waals surface area (Å²) in [6, 6.07) is 0. The average molecular weight is 192 g/mol. The number of rotatable bonds is 3. The first-order chi connectivity index (χ1) is 6.20. The van der Waals surface area contributed by atoms with Crippen molar-refractivity contribution in [2.24, 2.45) is 5.92 Å². The molecule has 1 saturated heterocycles. The molecule has 78 valence electrons. The first kappa shape index (κ1) is 10.9. The average Bonchev–Trinajstić information content (AvgIpc) is 2.12. The monoisotopic (exact) mass is 192 g/mol. The van der Waals surface area contributed by atoms with Gasteiger partial charge in [-0.25, -0.2) is 4.39 Å². The normalized spacial score (nSPS) is 40.6. The van der Waals surface area contributed by atoms with Gasteiger partial charge < -0.3 is 14.2 Å². The van der Waals surface area contributed by atoms with E-state index in [-0.39, 0.29) is 12.0 Å². The highest BCUT2D eigenvalue weighted by molar-refractivity contribution is 4.86. The van der Waals surface area contributed by atoms with E-state index in [4.69, 9.17) is 14.2 Å². The van der Waals surface area contributed by atoms with Crippen LogP contribution in [0, 0.1) is 5.92 Å². The SMILES string of the molecule is COCC1OCC(C)C(F)C1OC. The first-order valence-electron chi connectivity index (χ1n) is 4.48. The number of hydrogen-bond acceptors (Lipinski definition) is 3. The third-order valence-electron chi connectivity index (χ3n) is 2.40. The molecule has 0 aliphatic carbocycles. The number of hydrogen-bond donors (Lipinski definition) is 0. The molecular formula is C9H17FO3. The van der Waals surface area contributed by atoms with Gasteiger partial charge in [0, 0.05) is 20.1 Å². The highest BCUT2D eigenvalue weighted by Crippen LogP contribution is 2.24. The van der Waals surface area contributed by atoms with Crippen LogP contribution in [0.25, 0.3) is 0 Å². The molecule has 4 unspecified atom stereocenters. The lowest BCUT2D eigenvalue weighted by Crippen LogP contribution is -2.49. The van der Waals surface area contributed by atoms with E-state index in [0.29, 0.717) is 13.2 Å². The van der Waals surface area contributed by atoms with Crippen molar-refractivity contribution in [1.29, 1.82) is 0 Å². The van der Waals surface area contributed by atoms with E-state index in [0.717, 1.165) is 0 Å². The molecule has 1 aliphatic heterocycles. The molecule has 0 aromatic heterocycles. The first-order valence-corrected chi connectivity index (χ1v) is 4.48. The van der Waals surface area contributed by atoms with Gasteiger partial charge in [-0.1, -0.05) is 6.92 Å². The van der Waals surface area contributed by atoms with Gasteiger partial charge in [0.2, 0.25) is 0 Å². The molecule has 4 atom stereocenters. The summed E-state index contributed by atoms with van der Waals surface area (Å²) in [7, 11) is 3.07. The second kappa shape index (κ2) is 4.88. The van der Waals surface area contributed by atoms with Crippen LogP contribution in [0.2, 0.25) is 0 Å². The van der Waals surface area contributed by atoms with Gasteiger partial charge in [-0.3, -0.25) is 0 Å². The molecule has 3 nitrogen and oxygen atoms in total. The maximum atomic E-state index is 13.6. The van der Waals surface area contributed by atoms with E-state index in [2.05, 4.69) is 0 Å². The van der Waals surface area contributed by atoms with Crippen LogP contribution < -0.4 is 0 Å². The molecule has 1 fully saturated rings. The van der Waals surface area contributed by atoms with Crippen LogP contribution in [0.4, 0.5) is 4.39 Å². The molecule has 1 rings (SSSR count). The van der Waals surface area contributed by atoms with Gasteiger partial charge in [0.15, 0.2) is 0 Å². The van der Waals surface area contributed by atoms with Crippen molar-refractivity contribution in [2.75, 3.05) is 27.4 Å². The Balaban J connectivity index is 2.55. The second-order valence-electron chi connectivity index (χ2n) is 3.45. The van der Waals surface area contributed by atoms with E-state index in [1.807, 2.05) is 6.92 Å². The minimum Gasteiger partial charge on any atom is -0.382 e. The van der Waals surface area contributed by atoms with Gasteiger partial charge in [0.1, 0.15) is 18.4 Å². The Hall–Kier alpha value is -0.190. The Morgan fingerprint density at radius 3 is 2.69 bits per heavy atom. The second-order valence-corrected chi connectivity index (χ2v) is 3.45. The smallest absolute Gasteiger partial charge is 0.134 e. The van der Waals surface area contributed by atoms with Crippen molar-refractivity contribution in [3.63, 3.8) is 0 Å². The maximum absolute atomic E-state index is 13.6. The Labute approximate surface area is 78.2 Å². The molecule has 0 aromatic carbocycles.